The van der Waals surface area contributed by atoms with Gasteiger partial charge < -0.3 is 10.1 Å². The largest absolute Gasteiger partial charge is 0.362 e. The van der Waals surface area contributed by atoms with Gasteiger partial charge in [0.25, 0.3) is 0 Å². The molecule has 0 aromatic rings. The molecule has 0 aliphatic rings. The summed E-state index contributed by atoms with van der Waals surface area (Å²) >= 11 is 0. The second-order valence-electron chi connectivity index (χ2n) is 2.58. The lowest BCUT2D eigenvalue weighted by Gasteiger charge is -2.09. The number of amides is 1. The molecule has 1 N–H and O–H groups in total. The van der Waals surface area contributed by atoms with Crippen LogP contribution in [0.15, 0.2) is 5.11 Å². The molecule has 0 aliphatic heterocycles. The van der Waals surface area contributed by atoms with Crippen molar-refractivity contribution in [2.45, 2.75) is 19.6 Å². The van der Waals surface area contributed by atoms with E-state index in [1.54, 1.807) is 14.8 Å². The van der Waals surface area contributed by atoms with Gasteiger partial charge in [-0.1, -0.05) is 18.0 Å². The second kappa shape index (κ2) is 8.94. The zero-order valence-corrected chi connectivity index (χ0v) is 8.86. The fourth-order valence-corrected chi connectivity index (χ4v) is 0.745. The molecule has 6 nitrogen and oxygen atoms in total. The number of nitrogens with zero attached hydrogens (tertiary/aromatic N) is 3. The molecule has 0 aliphatic carbocycles. The number of carbonyl (C=O) groups is 1. The average molecular weight is 208 g/mol. The van der Waals surface area contributed by atoms with Crippen LogP contribution in [0.4, 0.5) is 0 Å². The van der Waals surface area contributed by atoms with Gasteiger partial charge in [0.15, 0.2) is 7.85 Å². The van der Waals surface area contributed by atoms with Crippen molar-refractivity contribution in [2.75, 3.05) is 13.2 Å². The second-order valence-corrected chi connectivity index (χ2v) is 2.58. The summed E-state index contributed by atoms with van der Waals surface area (Å²) in [6.45, 7) is 1.99. The van der Waals surface area contributed by atoms with E-state index in [4.69, 9.17) is 10.3 Å². The Morgan fingerprint density at radius 2 is 2.53 bits per heavy atom. The molecule has 0 fully saturated rings. The molecular weight excluding hydrogens is 195 g/mol. The maximum atomic E-state index is 11.1. The van der Waals surface area contributed by atoms with Gasteiger partial charge in [-0.2, -0.15) is 5.82 Å². The summed E-state index contributed by atoms with van der Waals surface area (Å²) in [5.41, 5.74) is 8.17. The van der Waals surface area contributed by atoms with E-state index < -0.39 is 6.23 Å². The van der Waals surface area contributed by atoms with E-state index in [9.17, 15) is 4.79 Å². The van der Waals surface area contributed by atoms with Crippen LogP contribution < -0.4 is 5.32 Å². The first-order chi connectivity index (χ1) is 7.24. The summed E-state index contributed by atoms with van der Waals surface area (Å²) in [5, 5.41) is 5.89. The first-order valence-electron chi connectivity index (χ1n) is 4.56. The highest BCUT2D eigenvalue weighted by molar-refractivity contribution is 6.22. The minimum absolute atomic E-state index is 0.122. The summed E-state index contributed by atoms with van der Waals surface area (Å²) < 4.78 is 5.04. The third-order valence-electron chi connectivity index (χ3n) is 1.49. The molecule has 1 amide bonds. The normalized spacial score (nSPS) is 10.5. The number of hydrogen-bond donors (Lipinski definition) is 1. The van der Waals surface area contributed by atoms with Gasteiger partial charge in [-0.3, -0.25) is 4.79 Å². The molecule has 0 saturated carbocycles. The van der Waals surface area contributed by atoms with Crippen molar-refractivity contribution in [1.82, 2.24) is 5.32 Å². The molecule has 0 bridgehead atoms. The molecule has 80 valence electrons. The van der Waals surface area contributed by atoms with Crippen molar-refractivity contribution in [3.05, 3.63) is 10.4 Å². The van der Waals surface area contributed by atoms with E-state index in [1.807, 2.05) is 0 Å². The van der Waals surface area contributed by atoms with E-state index in [0.29, 0.717) is 13.0 Å². The number of hydrogen-bond acceptors (Lipinski definition) is 3. The molecular formula is C8H13BN4O2. The van der Waals surface area contributed by atoms with Gasteiger partial charge >= 0.3 is 0 Å². The molecule has 0 radical (unpaired) electrons. The van der Waals surface area contributed by atoms with Crippen LogP contribution in [0.1, 0.15) is 13.3 Å². The Labute approximate surface area is 89.4 Å². The van der Waals surface area contributed by atoms with Crippen LogP contribution in [0, 0.1) is 11.7 Å². The summed E-state index contributed by atoms with van der Waals surface area (Å²) in [6, 6.07) is 0. The summed E-state index contributed by atoms with van der Waals surface area (Å²) in [5.74, 6) is 5.06. The molecule has 1 atom stereocenters. The fourth-order valence-electron chi connectivity index (χ4n) is 0.745. The Morgan fingerprint density at radius 1 is 1.80 bits per heavy atom. The summed E-state index contributed by atoms with van der Waals surface area (Å²) in [4.78, 5) is 13.7. The van der Waals surface area contributed by atoms with Crippen molar-refractivity contribution >= 4 is 13.8 Å². The topological polar surface area (TPSA) is 87.1 Å². The maximum absolute atomic E-state index is 11.1. The van der Waals surface area contributed by atoms with E-state index in [2.05, 4.69) is 27.1 Å². The van der Waals surface area contributed by atoms with Crippen LogP contribution in [-0.2, 0) is 9.53 Å². The van der Waals surface area contributed by atoms with E-state index >= 15 is 0 Å². The lowest BCUT2D eigenvalue weighted by molar-refractivity contribution is -0.127. The van der Waals surface area contributed by atoms with Crippen molar-refractivity contribution in [2.24, 2.45) is 5.11 Å². The van der Waals surface area contributed by atoms with Crippen LogP contribution >= 0.6 is 0 Å². The zero-order valence-electron chi connectivity index (χ0n) is 8.86. The Hall–Kier alpha value is -1.64. The lowest BCUT2D eigenvalue weighted by Crippen LogP contribution is -2.29. The minimum atomic E-state index is -0.585. The SMILES string of the molecule is BC#CCNC(=O)COC(CC)N=[N+]=[N-]. The van der Waals surface area contributed by atoms with Gasteiger partial charge in [0.1, 0.15) is 12.8 Å². The molecule has 0 aromatic carbocycles. The number of ether oxygens (including phenoxy) is 1. The number of nitrogens with one attached hydrogen (secondary N) is 1. The van der Waals surface area contributed by atoms with Crippen molar-refractivity contribution in [3.63, 3.8) is 0 Å². The molecule has 7 heteroatoms. The lowest BCUT2D eigenvalue weighted by atomic mass is 10.2. The van der Waals surface area contributed by atoms with Crippen LogP contribution in [0.5, 0.6) is 0 Å². The predicted molar refractivity (Wildman–Crippen MR) is 58.5 cm³/mol. The Bertz CT molecular complexity index is 303. The van der Waals surface area contributed by atoms with Gasteiger partial charge in [0.05, 0.1) is 6.54 Å². The standard InChI is InChI=1S/C8H13BN4O2/c1-2-8(12-13-10)15-6-7(14)11-5-3-4-9/h8H,2,5-6,9H2,1H3,(H,11,14). The van der Waals surface area contributed by atoms with Crippen LogP contribution in [0.3, 0.4) is 0 Å². The van der Waals surface area contributed by atoms with Crippen LogP contribution in [0.25, 0.3) is 10.4 Å². The highest BCUT2D eigenvalue weighted by Gasteiger charge is 2.06. The number of rotatable bonds is 6. The summed E-state index contributed by atoms with van der Waals surface area (Å²) in [7, 11) is 1.69. The number of azide groups is 1. The van der Waals surface area contributed by atoms with Gasteiger partial charge in [-0.05, 0) is 12.0 Å². The summed E-state index contributed by atoms with van der Waals surface area (Å²) in [6.07, 6.45) is -0.0513. The zero-order chi connectivity index (χ0) is 11.5. The molecule has 0 heterocycles. The monoisotopic (exact) mass is 208 g/mol. The fraction of sp³-hybridized carbons (Fsp3) is 0.625. The smallest absolute Gasteiger partial charge is 0.246 e. The van der Waals surface area contributed by atoms with E-state index in [1.165, 1.54) is 0 Å². The van der Waals surface area contributed by atoms with E-state index in [-0.39, 0.29) is 12.5 Å². The van der Waals surface area contributed by atoms with Crippen molar-refractivity contribution < 1.29 is 9.53 Å². The molecule has 0 saturated heterocycles. The Morgan fingerprint density at radius 3 is 3.07 bits per heavy atom. The highest BCUT2D eigenvalue weighted by atomic mass is 16.5. The number of carbonyl (C=O) groups excluding carboxylic acids is 1. The van der Waals surface area contributed by atoms with Gasteiger partial charge in [-0.15, -0.1) is 0 Å². The third-order valence-corrected chi connectivity index (χ3v) is 1.49. The Balaban J connectivity index is 3.76. The van der Waals surface area contributed by atoms with Gasteiger partial charge in [-0.25, -0.2) is 0 Å². The quantitative estimate of drug-likeness (QED) is 0.214. The predicted octanol–water partition coefficient (Wildman–Crippen LogP) is -0.240. The van der Waals surface area contributed by atoms with Crippen LogP contribution in [0.2, 0.25) is 0 Å². The first kappa shape index (κ1) is 13.4. The maximum Gasteiger partial charge on any atom is 0.246 e. The molecule has 0 rings (SSSR count). The van der Waals surface area contributed by atoms with Gasteiger partial charge in [0.2, 0.25) is 5.91 Å². The molecule has 0 aromatic heterocycles. The first-order valence-corrected chi connectivity index (χ1v) is 4.56. The van der Waals surface area contributed by atoms with E-state index in [0.717, 1.165) is 0 Å². The molecule has 1 unspecified atom stereocenters. The average Bonchev–Trinajstić information content (AvgIpc) is 2.24. The Kier molecular flexibility index (Phi) is 7.97. The van der Waals surface area contributed by atoms with Crippen molar-refractivity contribution in [3.8, 4) is 11.7 Å². The third kappa shape index (κ3) is 7.44. The molecule has 0 spiro atoms. The molecule has 15 heavy (non-hydrogen) atoms. The van der Waals surface area contributed by atoms with Gasteiger partial charge in [0, 0.05) is 4.91 Å². The van der Waals surface area contributed by atoms with Crippen molar-refractivity contribution in [1.29, 1.82) is 0 Å². The highest BCUT2D eigenvalue weighted by Crippen LogP contribution is 1.99. The minimum Gasteiger partial charge on any atom is -0.362 e. The van der Waals surface area contributed by atoms with Crippen LogP contribution in [-0.4, -0.2) is 33.1 Å².